The van der Waals surface area contributed by atoms with Gasteiger partial charge in [0.15, 0.2) is 6.61 Å². The van der Waals surface area contributed by atoms with Crippen LogP contribution in [-0.2, 0) is 19.2 Å². The average molecular weight is 426 g/mol. The minimum Gasteiger partial charge on any atom is -0.479 e. The van der Waals surface area contributed by atoms with Gasteiger partial charge < -0.3 is 15.2 Å². The first kappa shape index (κ1) is 22.3. The van der Waals surface area contributed by atoms with Crippen LogP contribution < -0.4 is 10.8 Å². The van der Waals surface area contributed by atoms with E-state index < -0.39 is 30.0 Å². The number of hydroxylamine groups is 1. The number of carboxylic acids is 1. The Balaban J connectivity index is 1.49. The summed E-state index contributed by atoms with van der Waals surface area (Å²) in [6.07, 6.45) is -0.520. The summed E-state index contributed by atoms with van der Waals surface area (Å²) < 4.78 is 5.49. The third-order valence-corrected chi connectivity index (χ3v) is 5.08. The lowest BCUT2D eigenvalue weighted by molar-refractivity contribution is -0.149. The zero-order valence-corrected chi connectivity index (χ0v) is 17.5. The topological polar surface area (TPSA) is 114 Å². The fourth-order valence-electron chi connectivity index (χ4n) is 3.67. The molecule has 8 heteroatoms. The highest BCUT2D eigenvalue weighted by atomic mass is 16.7. The highest BCUT2D eigenvalue weighted by molar-refractivity contribution is 5.79. The maximum absolute atomic E-state index is 12.3. The molecule has 0 spiro atoms. The van der Waals surface area contributed by atoms with E-state index in [1.54, 1.807) is 13.8 Å². The third-order valence-electron chi connectivity index (χ3n) is 5.08. The fourth-order valence-corrected chi connectivity index (χ4v) is 3.67. The van der Waals surface area contributed by atoms with Crippen LogP contribution in [0, 0.1) is 5.41 Å². The van der Waals surface area contributed by atoms with Crippen molar-refractivity contribution >= 4 is 18.0 Å². The number of alkyl carbamates (subject to hydrolysis) is 1. The maximum atomic E-state index is 12.3. The van der Waals surface area contributed by atoms with Gasteiger partial charge in [0, 0.05) is 18.9 Å². The number of fused-ring (bicyclic) bond motifs is 3. The number of amides is 2. The number of ether oxygens (including phenoxy) is 1. The first-order valence-corrected chi connectivity index (χ1v) is 9.98. The first-order valence-electron chi connectivity index (χ1n) is 9.98. The Hall–Kier alpha value is -3.39. The number of hydrogen-bond acceptors (Lipinski definition) is 5. The molecule has 0 unspecified atom stereocenters. The molecule has 0 atom stereocenters. The van der Waals surface area contributed by atoms with Crippen molar-refractivity contribution in [2.24, 2.45) is 5.41 Å². The maximum Gasteiger partial charge on any atom is 0.407 e. The van der Waals surface area contributed by atoms with Crippen LogP contribution in [-0.4, -0.2) is 42.8 Å². The Morgan fingerprint density at radius 1 is 1.00 bits per heavy atom. The largest absolute Gasteiger partial charge is 0.479 e. The number of nitrogens with one attached hydrogen (secondary N) is 2. The lowest BCUT2D eigenvalue weighted by Crippen LogP contribution is -2.38. The second kappa shape index (κ2) is 9.61. The van der Waals surface area contributed by atoms with Crippen molar-refractivity contribution in [1.29, 1.82) is 0 Å². The number of aliphatic carboxylic acids is 1. The van der Waals surface area contributed by atoms with E-state index in [0.717, 1.165) is 22.3 Å². The molecule has 0 heterocycles. The van der Waals surface area contributed by atoms with E-state index in [9.17, 15) is 14.4 Å². The van der Waals surface area contributed by atoms with Crippen LogP contribution >= 0.6 is 0 Å². The normalized spacial score (nSPS) is 12.6. The molecule has 31 heavy (non-hydrogen) atoms. The standard InChI is InChI=1S/C23H26N2O6/c1-23(2,11-20(26)25-31-13-21(27)28)14-24-22(29)30-12-19-17-9-5-3-7-15(17)16-8-4-6-10-18(16)19/h3-10,19H,11-14H2,1-2H3,(H,24,29)(H,25,26)(H,27,28). The van der Waals surface area contributed by atoms with Crippen LogP contribution in [0.15, 0.2) is 48.5 Å². The second-order valence-corrected chi connectivity index (χ2v) is 8.23. The van der Waals surface area contributed by atoms with Crippen molar-refractivity contribution in [2.45, 2.75) is 26.2 Å². The molecule has 164 valence electrons. The number of carbonyl (C=O) groups is 3. The molecule has 0 bridgehead atoms. The van der Waals surface area contributed by atoms with E-state index in [2.05, 4.69) is 39.9 Å². The molecular formula is C23H26N2O6. The lowest BCUT2D eigenvalue weighted by Gasteiger charge is -2.24. The Morgan fingerprint density at radius 3 is 2.16 bits per heavy atom. The van der Waals surface area contributed by atoms with Gasteiger partial charge in [-0.2, -0.15) is 0 Å². The van der Waals surface area contributed by atoms with Crippen LogP contribution in [0.4, 0.5) is 4.79 Å². The summed E-state index contributed by atoms with van der Waals surface area (Å²) in [6.45, 7) is 3.39. The van der Waals surface area contributed by atoms with E-state index in [0.29, 0.717) is 0 Å². The zero-order chi connectivity index (χ0) is 22.4. The number of carbonyl (C=O) groups excluding carboxylic acids is 2. The summed E-state index contributed by atoms with van der Waals surface area (Å²) in [5, 5.41) is 11.2. The van der Waals surface area contributed by atoms with Gasteiger partial charge in [-0.15, -0.1) is 0 Å². The smallest absolute Gasteiger partial charge is 0.407 e. The molecule has 0 aliphatic heterocycles. The van der Waals surface area contributed by atoms with E-state index in [1.807, 2.05) is 24.3 Å². The van der Waals surface area contributed by atoms with E-state index >= 15 is 0 Å². The Morgan fingerprint density at radius 2 is 1.58 bits per heavy atom. The molecule has 8 nitrogen and oxygen atoms in total. The van der Waals surface area contributed by atoms with Crippen LogP contribution in [0.25, 0.3) is 11.1 Å². The van der Waals surface area contributed by atoms with Crippen molar-refractivity contribution in [3.8, 4) is 11.1 Å². The number of hydrogen-bond donors (Lipinski definition) is 3. The predicted octanol–water partition coefficient (Wildman–Crippen LogP) is 3.07. The fraction of sp³-hybridized carbons (Fsp3) is 0.348. The van der Waals surface area contributed by atoms with Crippen molar-refractivity contribution < 1.29 is 29.1 Å². The zero-order valence-electron chi connectivity index (χ0n) is 17.5. The molecule has 3 rings (SSSR count). The first-order chi connectivity index (χ1) is 14.8. The molecule has 1 aliphatic rings. The van der Waals surface area contributed by atoms with E-state index in [-0.39, 0.29) is 25.5 Å². The highest BCUT2D eigenvalue weighted by Gasteiger charge is 2.29. The van der Waals surface area contributed by atoms with Crippen molar-refractivity contribution in [2.75, 3.05) is 19.8 Å². The Bertz CT molecular complexity index is 927. The average Bonchev–Trinajstić information content (AvgIpc) is 3.04. The van der Waals surface area contributed by atoms with Gasteiger partial charge in [-0.1, -0.05) is 62.4 Å². The third kappa shape index (κ3) is 5.82. The highest BCUT2D eigenvalue weighted by Crippen LogP contribution is 2.44. The van der Waals surface area contributed by atoms with Crippen molar-refractivity contribution in [3.05, 3.63) is 59.7 Å². The summed E-state index contributed by atoms with van der Waals surface area (Å²) in [7, 11) is 0. The van der Waals surface area contributed by atoms with Crippen LogP contribution in [0.1, 0.15) is 37.3 Å². The van der Waals surface area contributed by atoms with Crippen molar-refractivity contribution in [3.63, 3.8) is 0 Å². The molecule has 3 N–H and O–H groups in total. The molecule has 1 aliphatic carbocycles. The number of rotatable bonds is 9. The molecule has 2 aromatic carbocycles. The summed E-state index contributed by atoms with van der Waals surface area (Å²) >= 11 is 0. The lowest BCUT2D eigenvalue weighted by atomic mass is 9.89. The number of benzene rings is 2. The van der Waals surface area contributed by atoms with Crippen LogP contribution in [0.3, 0.4) is 0 Å². The molecule has 0 saturated carbocycles. The molecule has 0 aromatic heterocycles. The Kier molecular flexibility index (Phi) is 6.91. The van der Waals surface area contributed by atoms with Gasteiger partial charge in [-0.05, 0) is 27.7 Å². The van der Waals surface area contributed by atoms with Crippen LogP contribution in [0.2, 0.25) is 0 Å². The molecule has 2 aromatic rings. The van der Waals surface area contributed by atoms with Gasteiger partial charge in [-0.25, -0.2) is 15.1 Å². The molecule has 2 amide bonds. The molecule has 0 saturated heterocycles. The predicted molar refractivity (Wildman–Crippen MR) is 113 cm³/mol. The SMILES string of the molecule is CC(C)(CNC(=O)OCC1c2ccccc2-c2ccccc21)CC(=O)NOCC(=O)O. The minimum atomic E-state index is -1.18. The van der Waals surface area contributed by atoms with Crippen molar-refractivity contribution in [1.82, 2.24) is 10.8 Å². The summed E-state index contributed by atoms with van der Waals surface area (Å²) in [5.41, 5.74) is 6.08. The molecule has 0 fully saturated rings. The van der Waals surface area contributed by atoms with Gasteiger partial charge >= 0.3 is 12.1 Å². The Labute approximate surface area is 180 Å². The van der Waals surface area contributed by atoms with Crippen LogP contribution in [0.5, 0.6) is 0 Å². The molecular weight excluding hydrogens is 400 g/mol. The van der Waals surface area contributed by atoms with Gasteiger partial charge in [0.1, 0.15) is 6.61 Å². The summed E-state index contributed by atoms with van der Waals surface area (Å²) in [4.78, 5) is 39.1. The monoisotopic (exact) mass is 426 g/mol. The van der Waals surface area contributed by atoms with Gasteiger partial charge in [-0.3, -0.25) is 9.63 Å². The van der Waals surface area contributed by atoms with Gasteiger partial charge in [0.05, 0.1) is 0 Å². The van der Waals surface area contributed by atoms with Gasteiger partial charge in [0.2, 0.25) is 5.91 Å². The second-order valence-electron chi connectivity index (χ2n) is 8.23. The van der Waals surface area contributed by atoms with E-state index in [4.69, 9.17) is 9.84 Å². The van der Waals surface area contributed by atoms with E-state index in [1.165, 1.54) is 0 Å². The summed E-state index contributed by atoms with van der Waals surface area (Å²) in [5.74, 6) is -1.68. The number of carboxylic acid groups (broad SMARTS) is 1. The molecule has 0 radical (unpaired) electrons. The quantitative estimate of drug-likeness (QED) is 0.531. The summed E-state index contributed by atoms with van der Waals surface area (Å²) in [6, 6.07) is 16.2. The van der Waals surface area contributed by atoms with Gasteiger partial charge in [0.25, 0.3) is 0 Å². The minimum absolute atomic E-state index is 0.0247.